The number of carbonyl (C=O) groups is 1. The molecule has 2 aromatic carbocycles. The number of ketones is 1. The lowest BCUT2D eigenvalue weighted by Crippen LogP contribution is -1.94. The van der Waals surface area contributed by atoms with Gasteiger partial charge in [-0.05, 0) is 36.2 Å². The van der Waals surface area contributed by atoms with E-state index in [0.29, 0.717) is 24.2 Å². The molecule has 0 aliphatic heterocycles. The molecule has 0 unspecified atom stereocenters. The van der Waals surface area contributed by atoms with E-state index in [1.54, 1.807) is 18.2 Å². The Kier molecular flexibility index (Phi) is 3.13. The molecule has 0 atom stereocenters. The number of Topliss-reactive ketones (excluding diaryl/α,β-unsaturated/α-hetero) is 1. The number of nitrogens with zero attached hydrogens (tertiary/aromatic N) is 1. The SMILES string of the molecule is O=C1CCc2cc(Oc3ccc([N+](=O)[O-])cc3F)ccc21. The van der Waals surface area contributed by atoms with E-state index in [9.17, 15) is 19.3 Å². The van der Waals surface area contributed by atoms with E-state index in [0.717, 1.165) is 11.6 Å². The van der Waals surface area contributed by atoms with E-state index in [2.05, 4.69) is 0 Å². The first-order valence-corrected chi connectivity index (χ1v) is 6.32. The molecule has 106 valence electrons. The maximum Gasteiger partial charge on any atom is 0.272 e. The zero-order valence-corrected chi connectivity index (χ0v) is 10.8. The first kappa shape index (κ1) is 13.2. The van der Waals surface area contributed by atoms with Gasteiger partial charge in [-0.15, -0.1) is 0 Å². The normalized spacial score (nSPS) is 13.1. The second-order valence-electron chi connectivity index (χ2n) is 4.72. The van der Waals surface area contributed by atoms with Crippen LogP contribution in [0.15, 0.2) is 36.4 Å². The lowest BCUT2D eigenvalue weighted by molar-refractivity contribution is -0.385. The number of halogens is 1. The van der Waals surface area contributed by atoms with E-state index >= 15 is 0 Å². The number of rotatable bonds is 3. The average Bonchev–Trinajstić information content (AvgIpc) is 2.82. The molecule has 0 aromatic heterocycles. The number of hydrogen-bond donors (Lipinski definition) is 0. The number of carbonyl (C=O) groups excluding carboxylic acids is 1. The van der Waals surface area contributed by atoms with Gasteiger partial charge in [0.1, 0.15) is 5.75 Å². The van der Waals surface area contributed by atoms with Gasteiger partial charge in [-0.25, -0.2) is 4.39 Å². The van der Waals surface area contributed by atoms with Crippen LogP contribution in [0, 0.1) is 15.9 Å². The van der Waals surface area contributed by atoms with Crippen LogP contribution in [0.3, 0.4) is 0 Å². The standard InChI is InChI=1S/C15H10FNO4/c16-13-8-10(17(19)20)2-6-15(13)21-11-3-4-12-9(7-11)1-5-14(12)18/h2-4,6-8H,1,5H2. The highest BCUT2D eigenvalue weighted by Crippen LogP contribution is 2.31. The van der Waals surface area contributed by atoms with Gasteiger partial charge >= 0.3 is 0 Å². The third kappa shape index (κ3) is 2.47. The topological polar surface area (TPSA) is 69.4 Å². The summed E-state index contributed by atoms with van der Waals surface area (Å²) in [6.45, 7) is 0. The first-order valence-electron chi connectivity index (χ1n) is 6.32. The molecule has 21 heavy (non-hydrogen) atoms. The third-order valence-electron chi connectivity index (χ3n) is 3.35. The number of fused-ring (bicyclic) bond motifs is 1. The summed E-state index contributed by atoms with van der Waals surface area (Å²) in [4.78, 5) is 21.4. The summed E-state index contributed by atoms with van der Waals surface area (Å²) >= 11 is 0. The molecule has 0 bridgehead atoms. The van der Waals surface area contributed by atoms with Crippen molar-refractivity contribution >= 4 is 11.5 Å². The van der Waals surface area contributed by atoms with E-state index in [-0.39, 0.29) is 17.2 Å². The van der Waals surface area contributed by atoms with Crippen molar-refractivity contribution in [1.82, 2.24) is 0 Å². The lowest BCUT2D eigenvalue weighted by atomic mass is 10.1. The molecular weight excluding hydrogens is 277 g/mol. The highest BCUT2D eigenvalue weighted by atomic mass is 19.1. The Morgan fingerprint density at radius 2 is 1.95 bits per heavy atom. The van der Waals surface area contributed by atoms with Crippen LogP contribution in [0.5, 0.6) is 11.5 Å². The van der Waals surface area contributed by atoms with Gasteiger partial charge in [-0.1, -0.05) is 0 Å². The van der Waals surface area contributed by atoms with Gasteiger partial charge in [0.25, 0.3) is 5.69 Å². The van der Waals surface area contributed by atoms with Gasteiger partial charge in [-0.2, -0.15) is 0 Å². The maximum atomic E-state index is 13.7. The highest BCUT2D eigenvalue weighted by molar-refractivity contribution is 6.00. The zero-order chi connectivity index (χ0) is 15.0. The summed E-state index contributed by atoms with van der Waals surface area (Å²) in [5.74, 6) is -0.403. The minimum absolute atomic E-state index is 0.0927. The molecule has 0 amide bonds. The third-order valence-corrected chi connectivity index (χ3v) is 3.35. The molecule has 0 heterocycles. The summed E-state index contributed by atoms with van der Waals surface area (Å²) in [5, 5.41) is 10.5. The molecule has 5 nitrogen and oxygen atoms in total. The second-order valence-corrected chi connectivity index (χ2v) is 4.72. The molecule has 0 spiro atoms. The molecule has 0 fully saturated rings. The van der Waals surface area contributed by atoms with E-state index < -0.39 is 10.7 Å². The number of nitro benzene ring substituents is 1. The maximum absolute atomic E-state index is 13.7. The predicted octanol–water partition coefficient (Wildman–Crippen LogP) is 3.66. The Morgan fingerprint density at radius 3 is 2.67 bits per heavy atom. The van der Waals surface area contributed by atoms with E-state index in [1.807, 2.05) is 0 Å². The summed E-state index contributed by atoms with van der Waals surface area (Å²) in [5.41, 5.74) is 1.21. The van der Waals surface area contributed by atoms with Crippen LogP contribution in [0.1, 0.15) is 22.3 Å². The quantitative estimate of drug-likeness (QED) is 0.638. The second kappa shape index (κ2) is 4.97. The smallest absolute Gasteiger partial charge is 0.272 e. The van der Waals surface area contributed by atoms with Crippen molar-refractivity contribution in [1.29, 1.82) is 0 Å². The monoisotopic (exact) mass is 287 g/mol. The van der Waals surface area contributed by atoms with Crippen molar-refractivity contribution in [3.05, 3.63) is 63.5 Å². The van der Waals surface area contributed by atoms with Crippen molar-refractivity contribution in [3.8, 4) is 11.5 Å². The Balaban J connectivity index is 1.87. The molecule has 0 N–H and O–H groups in total. The number of aryl methyl sites for hydroxylation is 1. The fraction of sp³-hybridized carbons (Fsp3) is 0.133. The van der Waals surface area contributed by atoms with Crippen LogP contribution in [0.4, 0.5) is 10.1 Å². The Morgan fingerprint density at radius 1 is 1.14 bits per heavy atom. The van der Waals surface area contributed by atoms with Gasteiger partial charge in [0.15, 0.2) is 17.3 Å². The van der Waals surface area contributed by atoms with Crippen LogP contribution in [-0.4, -0.2) is 10.7 Å². The molecule has 6 heteroatoms. The summed E-state index contributed by atoms with van der Waals surface area (Å²) in [7, 11) is 0. The van der Waals surface area contributed by atoms with Gasteiger partial charge in [0.2, 0.25) is 0 Å². The fourth-order valence-electron chi connectivity index (χ4n) is 2.31. The average molecular weight is 287 g/mol. The largest absolute Gasteiger partial charge is 0.454 e. The van der Waals surface area contributed by atoms with Gasteiger partial charge in [0, 0.05) is 18.1 Å². The molecule has 0 saturated carbocycles. The van der Waals surface area contributed by atoms with Gasteiger partial charge < -0.3 is 4.74 Å². The minimum atomic E-state index is -0.805. The fourth-order valence-corrected chi connectivity index (χ4v) is 2.31. The predicted molar refractivity (Wildman–Crippen MR) is 72.2 cm³/mol. The van der Waals surface area contributed by atoms with E-state index in [1.165, 1.54) is 12.1 Å². The van der Waals surface area contributed by atoms with Gasteiger partial charge in [0.05, 0.1) is 11.0 Å². The molecule has 2 aromatic rings. The van der Waals surface area contributed by atoms with Crippen LogP contribution in [0.25, 0.3) is 0 Å². The number of nitro groups is 1. The summed E-state index contributed by atoms with van der Waals surface area (Å²) in [6, 6.07) is 8.14. The number of hydrogen-bond acceptors (Lipinski definition) is 4. The first-order chi connectivity index (χ1) is 10.0. The van der Waals surface area contributed by atoms with E-state index in [4.69, 9.17) is 4.74 Å². The van der Waals surface area contributed by atoms with Crippen LogP contribution < -0.4 is 4.74 Å². The molecule has 0 radical (unpaired) electrons. The number of ether oxygens (including phenoxy) is 1. The Hall–Kier alpha value is -2.76. The number of non-ortho nitro benzene ring substituents is 1. The number of benzene rings is 2. The van der Waals surface area contributed by atoms with Crippen molar-refractivity contribution < 1.29 is 18.8 Å². The van der Waals surface area contributed by atoms with Crippen molar-refractivity contribution in [3.63, 3.8) is 0 Å². The Labute approximate surface area is 119 Å². The molecular formula is C15H10FNO4. The van der Waals surface area contributed by atoms with Crippen LogP contribution in [-0.2, 0) is 6.42 Å². The molecule has 1 aliphatic carbocycles. The highest BCUT2D eigenvalue weighted by Gasteiger charge is 2.20. The van der Waals surface area contributed by atoms with Crippen LogP contribution in [0.2, 0.25) is 0 Å². The summed E-state index contributed by atoms with van der Waals surface area (Å²) in [6.07, 6.45) is 1.12. The zero-order valence-electron chi connectivity index (χ0n) is 10.8. The lowest BCUT2D eigenvalue weighted by Gasteiger charge is -2.08. The minimum Gasteiger partial charge on any atom is -0.454 e. The summed E-state index contributed by atoms with van der Waals surface area (Å²) < 4.78 is 19.1. The van der Waals surface area contributed by atoms with Gasteiger partial charge in [-0.3, -0.25) is 14.9 Å². The molecule has 3 rings (SSSR count). The molecule has 1 aliphatic rings. The Bertz CT molecular complexity index is 757. The molecule has 0 saturated heterocycles. The van der Waals surface area contributed by atoms with Crippen molar-refractivity contribution in [2.45, 2.75) is 12.8 Å². The van der Waals surface area contributed by atoms with Crippen molar-refractivity contribution in [2.24, 2.45) is 0 Å². The van der Waals surface area contributed by atoms with Crippen molar-refractivity contribution in [2.75, 3.05) is 0 Å². The van der Waals surface area contributed by atoms with Crippen LogP contribution >= 0.6 is 0 Å².